The maximum atomic E-state index is 2.49. The summed E-state index contributed by atoms with van der Waals surface area (Å²) in [6, 6.07) is 1.50. The summed E-state index contributed by atoms with van der Waals surface area (Å²) in [6.45, 7) is 7.42. The van der Waals surface area contributed by atoms with E-state index in [1.165, 1.54) is 44.6 Å². The van der Waals surface area contributed by atoms with Gasteiger partial charge in [0.25, 0.3) is 0 Å². The Morgan fingerprint density at radius 2 is 2.00 bits per heavy atom. The molecule has 0 aliphatic heterocycles. The molecule has 0 amide bonds. The average molecular weight is 196 g/mol. The van der Waals surface area contributed by atoms with Crippen LogP contribution in [0.1, 0.15) is 38.5 Å². The number of hydrogen-bond acceptors (Lipinski definition) is 0. The van der Waals surface area contributed by atoms with Gasteiger partial charge in [0.15, 0.2) is 0 Å². The van der Waals surface area contributed by atoms with Gasteiger partial charge in [-0.2, -0.15) is 0 Å². The Labute approximate surface area is 84.4 Å². The molecule has 0 saturated carbocycles. The summed E-state index contributed by atoms with van der Waals surface area (Å²) in [5.74, 6) is 0. The van der Waals surface area contributed by atoms with Crippen LogP contribution in [-0.4, -0.2) is 8.07 Å². The van der Waals surface area contributed by atoms with Crippen molar-refractivity contribution in [3.8, 4) is 0 Å². The average Bonchev–Trinajstić information content (AvgIpc) is 2.04. The maximum absolute atomic E-state index is 2.49. The highest BCUT2D eigenvalue weighted by molar-refractivity contribution is 6.76. The smallest absolute Gasteiger partial charge is 0.0442 e. The van der Waals surface area contributed by atoms with Crippen molar-refractivity contribution in [1.82, 2.24) is 0 Å². The van der Waals surface area contributed by atoms with Gasteiger partial charge in [-0.3, -0.25) is 0 Å². The fraction of sp³-hybridized carbons (Fsp3) is 0.833. The van der Waals surface area contributed by atoms with Crippen molar-refractivity contribution in [3.05, 3.63) is 11.6 Å². The van der Waals surface area contributed by atoms with E-state index in [4.69, 9.17) is 0 Å². The molecular weight excluding hydrogens is 172 g/mol. The minimum absolute atomic E-state index is 0.769. The molecule has 1 heteroatoms. The molecule has 76 valence electrons. The van der Waals surface area contributed by atoms with Crippen molar-refractivity contribution in [1.29, 1.82) is 0 Å². The first-order chi connectivity index (χ1) is 6.08. The van der Waals surface area contributed by atoms with E-state index in [2.05, 4.69) is 25.7 Å². The third-order valence-electron chi connectivity index (χ3n) is 2.81. The zero-order valence-corrected chi connectivity index (χ0v) is 10.5. The highest BCUT2D eigenvalue weighted by Crippen LogP contribution is 2.23. The van der Waals surface area contributed by atoms with Crippen LogP contribution in [0.4, 0.5) is 0 Å². The molecule has 0 fully saturated rings. The monoisotopic (exact) mass is 196 g/mol. The number of allylic oxidation sites excluding steroid dienone is 2. The lowest BCUT2D eigenvalue weighted by molar-refractivity contribution is 0.668. The Bertz CT molecular complexity index is 174. The van der Waals surface area contributed by atoms with E-state index in [-0.39, 0.29) is 0 Å². The molecule has 0 spiro atoms. The van der Waals surface area contributed by atoms with Crippen LogP contribution in [0, 0.1) is 0 Å². The van der Waals surface area contributed by atoms with Crippen LogP contribution in [-0.2, 0) is 0 Å². The highest BCUT2D eigenvalue weighted by atomic mass is 28.3. The van der Waals surface area contributed by atoms with Gasteiger partial charge in [-0.15, -0.1) is 0 Å². The van der Waals surface area contributed by atoms with Crippen LogP contribution in [0.25, 0.3) is 0 Å². The van der Waals surface area contributed by atoms with Gasteiger partial charge in [0, 0.05) is 8.07 Å². The Morgan fingerprint density at radius 3 is 2.54 bits per heavy atom. The first-order valence-corrected chi connectivity index (χ1v) is 9.46. The standard InChI is InChI=1S/C12H24Si/c1-13(2,3)11-7-10-12-8-5-4-6-9-12/h8H,4-7,9-11H2,1-3H3. The molecule has 0 radical (unpaired) electrons. The van der Waals surface area contributed by atoms with Crippen LogP contribution in [0.15, 0.2) is 11.6 Å². The lowest BCUT2D eigenvalue weighted by Gasteiger charge is -2.17. The molecule has 1 aliphatic rings. The zero-order chi connectivity index (χ0) is 9.73. The van der Waals surface area contributed by atoms with Gasteiger partial charge in [-0.25, -0.2) is 0 Å². The minimum Gasteiger partial charge on any atom is -0.0853 e. The number of rotatable bonds is 4. The van der Waals surface area contributed by atoms with Gasteiger partial charge in [-0.05, 0) is 32.1 Å². The van der Waals surface area contributed by atoms with Crippen molar-refractivity contribution in [2.75, 3.05) is 0 Å². The van der Waals surface area contributed by atoms with E-state index in [0.29, 0.717) is 0 Å². The van der Waals surface area contributed by atoms with Gasteiger partial charge in [0.05, 0.1) is 0 Å². The molecule has 0 nitrogen and oxygen atoms in total. The van der Waals surface area contributed by atoms with Crippen LogP contribution < -0.4 is 0 Å². The predicted molar refractivity (Wildman–Crippen MR) is 63.9 cm³/mol. The molecule has 13 heavy (non-hydrogen) atoms. The summed E-state index contributed by atoms with van der Waals surface area (Å²) >= 11 is 0. The zero-order valence-electron chi connectivity index (χ0n) is 9.53. The Balaban J connectivity index is 2.15. The molecular formula is C12H24Si. The molecule has 0 aromatic carbocycles. The maximum Gasteiger partial charge on any atom is 0.0442 e. The van der Waals surface area contributed by atoms with Crippen LogP contribution in [0.5, 0.6) is 0 Å². The normalized spacial score (nSPS) is 18.5. The van der Waals surface area contributed by atoms with Crippen molar-refractivity contribution >= 4 is 8.07 Å². The fourth-order valence-corrected chi connectivity index (χ4v) is 3.21. The van der Waals surface area contributed by atoms with Crippen LogP contribution in [0.3, 0.4) is 0 Å². The summed E-state index contributed by atoms with van der Waals surface area (Å²) in [5, 5.41) is 0. The largest absolute Gasteiger partial charge is 0.0853 e. The third kappa shape index (κ3) is 5.30. The van der Waals surface area contributed by atoms with Crippen molar-refractivity contribution in [3.63, 3.8) is 0 Å². The van der Waals surface area contributed by atoms with Gasteiger partial charge < -0.3 is 0 Å². The SMILES string of the molecule is C[Si](C)(C)CCCC1=CCCCC1. The Hall–Kier alpha value is -0.0431. The minimum atomic E-state index is -0.769. The molecule has 0 saturated heterocycles. The van der Waals surface area contributed by atoms with Crippen molar-refractivity contribution in [2.45, 2.75) is 64.2 Å². The predicted octanol–water partition coefficient (Wildman–Crippen LogP) is 4.61. The lowest BCUT2D eigenvalue weighted by Crippen LogP contribution is -2.18. The summed E-state index contributed by atoms with van der Waals surface area (Å²) in [4.78, 5) is 0. The third-order valence-corrected chi connectivity index (χ3v) is 4.66. The molecule has 1 rings (SSSR count). The molecule has 0 unspecified atom stereocenters. The van der Waals surface area contributed by atoms with E-state index in [1.54, 1.807) is 5.57 Å². The molecule has 0 aromatic heterocycles. The highest BCUT2D eigenvalue weighted by Gasteiger charge is 2.12. The second-order valence-electron chi connectivity index (χ2n) is 5.52. The topological polar surface area (TPSA) is 0 Å². The first-order valence-electron chi connectivity index (χ1n) is 5.76. The van der Waals surface area contributed by atoms with Gasteiger partial charge >= 0.3 is 0 Å². The van der Waals surface area contributed by atoms with Crippen molar-refractivity contribution in [2.24, 2.45) is 0 Å². The summed E-state index contributed by atoms with van der Waals surface area (Å²) in [6.07, 6.45) is 10.9. The van der Waals surface area contributed by atoms with E-state index in [9.17, 15) is 0 Å². The summed E-state index contributed by atoms with van der Waals surface area (Å²) < 4.78 is 0. The number of hydrogen-bond donors (Lipinski definition) is 0. The molecule has 0 aromatic rings. The second-order valence-corrected chi connectivity index (χ2v) is 11.1. The van der Waals surface area contributed by atoms with E-state index < -0.39 is 8.07 Å². The lowest BCUT2D eigenvalue weighted by atomic mass is 9.96. The Morgan fingerprint density at radius 1 is 1.23 bits per heavy atom. The quantitative estimate of drug-likeness (QED) is 0.455. The van der Waals surface area contributed by atoms with Crippen LogP contribution >= 0.6 is 0 Å². The van der Waals surface area contributed by atoms with E-state index in [1.807, 2.05) is 0 Å². The van der Waals surface area contributed by atoms with E-state index >= 15 is 0 Å². The summed E-state index contributed by atoms with van der Waals surface area (Å²) in [5.41, 5.74) is 1.75. The van der Waals surface area contributed by atoms with Gasteiger partial charge in [0.1, 0.15) is 0 Å². The van der Waals surface area contributed by atoms with E-state index in [0.717, 1.165) is 0 Å². The molecule has 0 heterocycles. The molecule has 1 aliphatic carbocycles. The van der Waals surface area contributed by atoms with Crippen molar-refractivity contribution < 1.29 is 0 Å². The van der Waals surface area contributed by atoms with Crippen LogP contribution in [0.2, 0.25) is 25.7 Å². The first kappa shape index (κ1) is 11.0. The molecule has 0 atom stereocenters. The second kappa shape index (κ2) is 4.99. The fourth-order valence-electron chi connectivity index (χ4n) is 1.98. The van der Waals surface area contributed by atoms with Gasteiger partial charge in [-0.1, -0.05) is 43.8 Å². The molecule has 0 N–H and O–H groups in total. The van der Waals surface area contributed by atoms with Gasteiger partial charge in [0.2, 0.25) is 0 Å². The Kier molecular flexibility index (Phi) is 4.24. The summed E-state index contributed by atoms with van der Waals surface area (Å²) in [7, 11) is -0.769. The molecule has 0 bridgehead atoms.